The molecule has 4 heteroatoms. The molecule has 0 bridgehead atoms. The van der Waals surface area contributed by atoms with Crippen LogP contribution < -0.4 is 5.32 Å². The lowest BCUT2D eigenvalue weighted by Gasteiger charge is -2.19. The molecule has 1 aromatic carbocycles. The normalized spacial score (nSPS) is 19.5. The summed E-state index contributed by atoms with van der Waals surface area (Å²) in [7, 11) is 0. The van der Waals surface area contributed by atoms with E-state index in [1.54, 1.807) is 0 Å². The van der Waals surface area contributed by atoms with E-state index in [0.717, 1.165) is 18.8 Å². The van der Waals surface area contributed by atoms with Crippen LogP contribution in [-0.4, -0.2) is 16.7 Å². The third-order valence-electron chi connectivity index (χ3n) is 3.71. The van der Waals surface area contributed by atoms with Crippen LogP contribution in [0.3, 0.4) is 0 Å². The quantitative estimate of drug-likeness (QED) is 0.918. The number of hydrogen-bond donors (Lipinski definition) is 1. The molecule has 1 aliphatic heterocycles. The van der Waals surface area contributed by atoms with E-state index in [0.29, 0.717) is 12.3 Å². The zero-order valence-corrected chi connectivity index (χ0v) is 11.2. The molecule has 1 unspecified atom stereocenters. The minimum Gasteiger partial charge on any atom is -0.339 e. The highest BCUT2D eigenvalue weighted by Gasteiger charge is 2.20. The molecule has 0 amide bonds. The van der Waals surface area contributed by atoms with E-state index in [-0.39, 0.29) is 6.04 Å². The van der Waals surface area contributed by atoms with Crippen molar-refractivity contribution in [2.45, 2.75) is 38.6 Å². The van der Waals surface area contributed by atoms with Crippen LogP contribution in [0.25, 0.3) is 0 Å². The van der Waals surface area contributed by atoms with Crippen molar-refractivity contribution in [2.24, 2.45) is 0 Å². The van der Waals surface area contributed by atoms with Gasteiger partial charge in [-0.05, 0) is 37.4 Å². The number of nitrogens with one attached hydrogen (secondary N) is 1. The molecule has 1 aromatic heterocycles. The average molecular weight is 257 g/mol. The molecule has 1 saturated heterocycles. The highest BCUT2D eigenvalue weighted by atomic mass is 16.5. The van der Waals surface area contributed by atoms with Gasteiger partial charge >= 0.3 is 0 Å². The van der Waals surface area contributed by atoms with Crippen LogP contribution >= 0.6 is 0 Å². The minimum absolute atomic E-state index is 0.267. The van der Waals surface area contributed by atoms with Gasteiger partial charge in [-0.25, -0.2) is 0 Å². The summed E-state index contributed by atoms with van der Waals surface area (Å²) in [5.74, 6) is 1.51. The minimum atomic E-state index is 0.267. The molecule has 0 spiro atoms. The maximum absolute atomic E-state index is 5.38. The first-order chi connectivity index (χ1) is 9.33. The fourth-order valence-electron chi connectivity index (χ4n) is 2.52. The van der Waals surface area contributed by atoms with E-state index in [9.17, 15) is 0 Å². The Morgan fingerprint density at radius 3 is 3.00 bits per heavy atom. The summed E-state index contributed by atoms with van der Waals surface area (Å²) < 4.78 is 5.38. The predicted molar refractivity (Wildman–Crippen MR) is 72.9 cm³/mol. The van der Waals surface area contributed by atoms with Gasteiger partial charge in [-0.15, -0.1) is 0 Å². The molecule has 2 aromatic rings. The van der Waals surface area contributed by atoms with Crippen molar-refractivity contribution in [3.63, 3.8) is 0 Å². The number of hydrogen-bond acceptors (Lipinski definition) is 4. The van der Waals surface area contributed by atoms with Gasteiger partial charge in [0.15, 0.2) is 5.82 Å². The number of piperidine rings is 1. The van der Waals surface area contributed by atoms with Gasteiger partial charge in [0, 0.05) is 0 Å². The van der Waals surface area contributed by atoms with Gasteiger partial charge in [-0.2, -0.15) is 4.98 Å². The fourth-order valence-corrected chi connectivity index (χ4v) is 2.52. The van der Waals surface area contributed by atoms with Gasteiger partial charge in [0.25, 0.3) is 0 Å². The Labute approximate surface area is 113 Å². The SMILES string of the molecule is Cc1ccccc1Cc1nc(C2CCCCN2)no1. The molecule has 0 radical (unpaired) electrons. The van der Waals surface area contributed by atoms with Crippen molar-refractivity contribution >= 4 is 0 Å². The summed E-state index contributed by atoms with van der Waals surface area (Å²) >= 11 is 0. The first-order valence-corrected chi connectivity index (χ1v) is 6.93. The topological polar surface area (TPSA) is 51.0 Å². The summed E-state index contributed by atoms with van der Waals surface area (Å²) in [5, 5.41) is 7.56. The van der Waals surface area contributed by atoms with E-state index in [1.807, 2.05) is 12.1 Å². The Balaban J connectivity index is 1.73. The molecule has 100 valence electrons. The van der Waals surface area contributed by atoms with Crippen molar-refractivity contribution in [3.8, 4) is 0 Å². The second-order valence-electron chi connectivity index (χ2n) is 5.15. The van der Waals surface area contributed by atoms with Crippen molar-refractivity contribution < 1.29 is 4.52 Å². The van der Waals surface area contributed by atoms with Crippen LogP contribution in [-0.2, 0) is 6.42 Å². The van der Waals surface area contributed by atoms with E-state index in [2.05, 4.69) is 34.5 Å². The summed E-state index contributed by atoms with van der Waals surface area (Å²) in [6, 6.07) is 8.57. The van der Waals surface area contributed by atoms with Crippen molar-refractivity contribution in [2.75, 3.05) is 6.54 Å². The van der Waals surface area contributed by atoms with Gasteiger partial charge in [0.05, 0.1) is 12.5 Å². The van der Waals surface area contributed by atoms with E-state index < -0.39 is 0 Å². The van der Waals surface area contributed by atoms with Crippen LogP contribution in [0.15, 0.2) is 28.8 Å². The molecule has 2 heterocycles. The lowest BCUT2D eigenvalue weighted by molar-refractivity contribution is 0.351. The Bertz CT molecular complexity index is 544. The second-order valence-corrected chi connectivity index (χ2v) is 5.15. The van der Waals surface area contributed by atoms with Crippen LogP contribution in [0.4, 0.5) is 0 Å². The van der Waals surface area contributed by atoms with E-state index in [1.165, 1.54) is 24.0 Å². The van der Waals surface area contributed by atoms with Crippen LogP contribution in [0.5, 0.6) is 0 Å². The Morgan fingerprint density at radius 1 is 1.32 bits per heavy atom. The lowest BCUT2D eigenvalue weighted by Crippen LogP contribution is -2.27. The average Bonchev–Trinajstić information content (AvgIpc) is 2.91. The Morgan fingerprint density at radius 2 is 2.21 bits per heavy atom. The van der Waals surface area contributed by atoms with E-state index >= 15 is 0 Å². The maximum atomic E-state index is 5.38. The third kappa shape index (κ3) is 2.84. The fraction of sp³-hybridized carbons (Fsp3) is 0.467. The molecule has 19 heavy (non-hydrogen) atoms. The number of benzene rings is 1. The van der Waals surface area contributed by atoms with Gasteiger partial charge < -0.3 is 9.84 Å². The molecule has 1 atom stereocenters. The summed E-state index contributed by atoms with van der Waals surface area (Å²) in [6.45, 7) is 3.15. The molecule has 1 aliphatic rings. The third-order valence-corrected chi connectivity index (χ3v) is 3.71. The summed E-state index contributed by atoms with van der Waals surface area (Å²) in [4.78, 5) is 4.53. The van der Waals surface area contributed by atoms with Crippen molar-refractivity contribution in [1.29, 1.82) is 0 Å². The summed E-state index contributed by atoms with van der Waals surface area (Å²) in [6.07, 6.45) is 4.29. The molecule has 1 N–H and O–H groups in total. The molecular formula is C15H19N3O. The zero-order valence-electron chi connectivity index (χ0n) is 11.2. The smallest absolute Gasteiger partial charge is 0.231 e. The Kier molecular flexibility index (Phi) is 3.60. The monoisotopic (exact) mass is 257 g/mol. The first-order valence-electron chi connectivity index (χ1n) is 6.93. The molecular weight excluding hydrogens is 238 g/mol. The Hall–Kier alpha value is -1.68. The largest absolute Gasteiger partial charge is 0.339 e. The van der Waals surface area contributed by atoms with E-state index in [4.69, 9.17) is 4.52 Å². The van der Waals surface area contributed by atoms with Crippen LogP contribution in [0.1, 0.15) is 48.1 Å². The van der Waals surface area contributed by atoms with Gasteiger partial charge in [-0.1, -0.05) is 35.8 Å². The molecule has 0 saturated carbocycles. The van der Waals surface area contributed by atoms with Gasteiger partial charge in [0.1, 0.15) is 0 Å². The van der Waals surface area contributed by atoms with Crippen molar-refractivity contribution in [1.82, 2.24) is 15.5 Å². The van der Waals surface area contributed by atoms with Gasteiger partial charge in [0.2, 0.25) is 5.89 Å². The molecule has 0 aliphatic carbocycles. The second kappa shape index (κ2) is 5.53. The lowest BCUT2D eigenvalue weighted by atomic mass is 10.0. The maximum Gasteiger partial charge on any atom is 0.231 e. The highest BCUT2D eigenvalue weighted by molar-refractivity contribution is 5.27. The zero-order chi connectivity index (χ0) is 13.1. The van der Waals surface area contributed by atoms with Gasteiger partial charge in [-0.3, -0.25) is 0 Å². The number of aryl methyl sites for hydroxylation is 1. The number of rotatable bonds is 3. The molecule has 1 fully saturated rings. The van der Waals surface area contributed by atoms with Crippen molar-refractivity contribution in [3.05, 3.63) is 47.1 Å². The highest BCUT2D eigenvalue weighted by Crippen LogP contribution is 2.21. The number of aromatic nitrogens is 2. The molecule has 4 nitrogen and oxygen atoms in total. The van der Waals surface area contributed by atoms with Crippen LogP contribution in [0.2, 0.25) is 0 Å². The molecule has 3 rings (SSSR count). The van der Waals surface area contributed by atoms with Crippen LogP contribution in [0, 0.1) is 6.92 Å². The standard InChI is InChI=1S/C15H19N3O/c1-11-6-2-3-7-12(11)10-14-17-15(18-19-14)13-8-4-5-9-16-13/h2-3,6-7,13,16H,4-5,8-10H2,1H3. The summed E-state index contributed by atoms with van der Waals surface area (Å²) in [5.41, 5.74) is 2.51. The number of nitrogens with zero attached hydrogens (tertiary/aromatic N) is 2. The predicted octanol–water partition coefficient (Wildman–Crippen LogP) is 2.78. The first kappa shape index (κ1) is 12.4.